The predicted octanol–water partition coefficient (Wildman–Crippen LogP) is -0.000000000000000111. The lowest BCUT2D eigenvalue weighted by Gasteiger charge is -2.01. The molecule has 0 aliphatic rings. The van der Waals surface area contributed by atoms with Crippen LogP contribution in [0.25, 0.3) is 0 Å². The van der Waals surface area contributed by atoms with E-state index in [0.717, 1.165) is 11.3 Å². The summed E-state index contributed by atoms with van der Waals surface area (Å²) in [4.78, 5) is 10.5. The van der Waals surface area contributed by atoms with Crippen LogP contribution in [0.15, 0.2) is 24.3 Å². The fraction of sp³-hybridized carbons (Fsp3) is 0.125. The molecule has 0 radical (unpaired) electrons. The van der Waals surface area contributed by atoms with Crippen molar-refractivity contribution in [2.24, 2.45) is 11.6 Å². The summed E-state index contributed by atoms with van der Waals surface area (Å²) in [5.74, 6) is 4.84. The summed E-state index contributed by atoms with van der Waals surface area (Å²) in [6.07, 6.45) is 0.246. The second-order valence-electron chi connectivity index (χ2n) is 2.49. The monoisotopic (exact) mass is 165 g/mol. The topological polar surface area (TPSA) is 81.1 Å². The third kappa shape index (κ3) is 2.25. The summed E-state index contributed by atoms with van der Waals surface area (Å²) in [6, 6.07) is 7.23. The lowest BCUT2D eigenvalue weighted by Crippen LogP contribution is -2.14. The van der Waals surface area contributed by atoms with Crippen LogP contribution in [0.1, 0.15) is 5.56 Å². The van der Waals surface area contributed by atoms with Gasteiger partial charge in [0.15, 0.2) is 0 Å². The number of carbonyl (C=O) groups is 1. The standard InChI is InChI=1S/C8H11N3O/c9-8(12)5-6-2-1-3-7(4-6)11-10/h1-4,11H,5,10H2,(H2,9,12). The van der Waals surface area contributed by atoms with E-state index in [-0.39, 0.29) is 12.3 Å². The number of amides is 1. The van der Waals surface area contributed by atoms with Crippen LogP contribution in [0.4, 0.5) is 5.69 Å². The van der Waals surface area contributed by atoms with Crippen molar-refractivity contribution in [2.45, 2.75) is 6.42 Å². The lowest BCUT2D eigenvalue weighted by molar-refractivity contribution is -0.117. The highest BCUT2D eigenvalue weighted by atomic mass is 16.1. The van der Waals surface area contributed by atoms with E-state index in [1.54, 1.807) is 6.07 Å². The Morgan fingerprint density at radius 3 is 2.83 bits per heavy atom. The van der Waals surface area contributed by atoms with Crippen molar-refractivity contribution in [3.63, 3.8) is 0 Å². The molecule has 0 fully saturated rings. The van der Waals surface area contributed by atoms with Crippen molar-refractivity contribution in [3.05, 3.63) is 29.8 Å². The zero-order valence-corrected chi connectivity index (χ0v) is 6.58. The fourth-order valence-corrected chi connectivity index (χ4v) is 0.972. The molecule has 1 amide bonds. The van der Waals surface area contributed by atoms with Crippen LogP contribution >= 0.6 is 0 Å². The van der Waals surface area contributed by atoms with Crippen LogP contribution in [-0.4, -0.2) is 5.91 Å². The number of benzene rings is 1. The molecular weight excluding hydrogens is 154 g/mol. The fourth-order valence-electron chi connectivity index (χ4n) is 0.972. The molecule has 0 bridgehead atoms. The number of hydrazine groups is 1. The van der Waals surface area contributed by atoms with Crippen LogP contribution < -0.4 is 17.0 Å². The van der Waals surface area contributed by atoms with Gasteiger partial charge in [0, 0.05) is 5.69 Å². The minimum atomic E-state index is -0.343. The smallest absolute Gasteiger partial charge is 0.221 e. The average molecular weight is 165 g/mol. The van der Waals surface area contributed by atoms with E-state index in [2.05, 4.69) is 5.43 Å². The minimum Gasteiger partial charge on any atom is -0.369 e. The Hall–Kier alpha value is -1.55. The Kier molecular flexibility index (Phi) is 2.66. The highest BCUT2D eigenvalue weighted by Crippen LogP contribution is 2.08. The minimum absolute atomic E-state index is 0.246. The molecule has 0 aromatic heterocycles. The molecule has 0 unspecified atom stereocenters. The Balaban J connectivity index is 2.79. The van der Waals surface area contributed by atoms with Crippen LogP contribution in [0.5, 0.6) is 0 Å². The molecule has 1 aromatic rings. The normalized spacial score (nSPS) is 9.42. The molecular formula is C8H11N3O. The van der Waals surface area contributed by atoms with E-state index in [0.29, 0.717) is 0 Å². The molecule has 1 aromatic carbocycles. The number of nitrogens with one attached hydrogen (secondary N) is 1. The second kappa shape index (κ2) is 3.73. The first-order valence-electron chi connectivity index (χ1n) is 3.56. The number of rotatable bonds is 3. The van der Waals surface area contributed by atoms with Crippen molar-refractivity contribution in [2.75, 3.05) is 5.43 Å². The molecule has 12 heavy (non-hydrogen) atoms. The van der Waals surface area contributed by atoms with Gasteiger partial charge in [-0.1, -0.05) is 12.1 Å². The Morgan fingerprint density at radius 2 is 2.25 bits per heavy atom. The molecule has 0 aliphatic heterocycles. The van der Waals surface area contributed by atoms with Gasteiger partial charge in [-0.2, -0.15) is 0 Å². The summed E-state index contributed by atoms with van der Waals surface area (Å²) < 4.78 is 0. The number of primary amides is 1. The first-order chi connectivity index (χ1) is 5.72. The van der Waals surface area contributed by atoms with E-state index < -0.39 is 0 Å². The molecule has 0 atom stereocenters. The molecule has 0 spiro atoms. The lowest BCUT2D eigenvalue weighted by atomic mass is 10.1. The predicted molar refractivity (Wildman–Crippen MR) is 47.2 cm³/mol. The molecule has 4 nitrogen and oxygen atoms in total. The highest BCUT2D eigenvalue weighted by molar-refractivity contribution is 5.76. The number of nitrogen functional groups attached to an aromatic ring is 1. The number of anilines is 1. The van der Waals surface area contributed by atoms with Crippen molar-refractivity contribution in [1.82, 2.24) is 0 Å². The van der Waals surface area contributed by atoms with Crippen LogP contribution in [0.2, 0.25) is 0 Å². The first kappa shape index (κ1) is 8.55. The molecule has 0 saturated carbocycles. The molecule has 4 heteroatoms. The van der Waals surface area contributed by atoms with Gasteiger partial charge < -0.3 is 11.2 Å². The molecule has 0 heterocycles. The first-order valence-corrected chi connectivity index (χ1v) is 3.56. The Morgan fingerprint density at radius 1 is 1.50 bits per heavy atom. The molecule has 0 saturated heterocycles. The summed E-state index contributed by atoms with van der Waals surface area (Å²) in [7, 11) is 0. The zero-order chi connectivity index (χ0) is 8.97. The van der Waals surface area contributed by atoms with E-state index in [4.69, 9.17) is 11.6 Å². The van der Waals surface area contributed by atoms with E-state index in [1.807, 2.05) is 18.2 Å². The summed E-state index contributed by atoms with van der Waals surface area (Å²) in [5.41, 5.74) is 9.15. The van der Waals surface area contributed by atoms with E-state index in [9.17, 15) is 4.79 Å². The summed E-state index contributed by atoms with van der Waals surface area (Å²) in [6.45, 7) is 0. The number of carbonyl (C=O) groups excluding carboxylic acids is 1. The number of hydrogen-bond acceptors (Lipinski definition) is 3. The SMILES string of the molecule is NNc1cccc(CC(N)=O)c1. The van der Waals surface area contributed by atoms with Gasteiger partial charge in [-0.15, -0.1) is 0 Å². The second-order valence-corrected chi connectivity index (χ2v) is 2.49. The molecule has 1 rings (SSSR count). The third-order valence-corrected chi connectivity index (χ3v) is 1.47. The van der Waals surface area contributed by atoms with Crippen molar-refractivity contribution >= 4 is 11.6 Å². The maximum Gasteiger partial charge on any atom is 0.221 e. The van der Waals surface area contributed by atoms with Crippen molar-refractivity contribution < 1.29 is 4.79 Å². The number of hydrogen-bond donors (Lipinski definition) is 3. The number of nitrogens with two attached hydrogens (primary N) is 2. The van der Waals surface area contributed by atoms with Crippen molar-refractivity contribution in [3.8, 4) is 0 Å². The van der Waals surface area contributed by atoms with E-state index >= 15 is 0 Å². The van der Waals surface area contributed by atoms with Gasteiger partial charge in [0.25, 0.3) is 0 Å². The molecule has 64 valence electrons. The van der Waals surface area contributed by atoms with Gasteiger partial charge in [0.2, 0.25) is 5.91 Å². The third-order valence-electron chi connectivity index (χ3n) is 1.47. The Labute approximate surface area is 70.5 Å². The summed E-state index contributed by atoms with van der Waals surface area (Å²) >= 11 is 0. The van der Waals surface area contributed by atoms with Gasteiger partial charge in [-0.25, -0.2) is 0 Å². The molecule has 5 N–H and O–H groups in total. The van der Waals surface area contributed by atoms with Gasteiger partial charge in [-0.3, -0.25) is 10.6 Å². The van der Waals surface area contributed by atoms with Crippen LogP contribution in [0.3, 0.4) is 0 Å². The van der Waals surface area contributed by atoms with Gasteiger partial charge in [0.1, 0.15) is 0 Å². The van der Waals surface area contributed by atoms with Crippen molar-refractivity contribution in [1.29, 1.82) is 0 Å². The van der Waals surface area contributed by atoms with Crippen LogP contribution in [0, 0.1) is 0 Å². The highest BCUT2D eigenvalue weighted by Gasteiger charge is 1.98. The maximum absolute atomic E-state index is 10.5. The largest absolute Gasteiger partial charge is 0.369 e. The quantitative estimate of drug-likeness (QED) is 0.435. The Bertz CT molecular complexity index is 285. The average Bonchev–Trinajstić information content (AvgIpc) is 2.03. The van der Waals surface area contributed by atoms with Crippen LogP contribution in [-0.2, 0) is 11.2 Å². The zero-order valence-electron chi connectivity index (χ0n) is 6.58. The van der Waals surface area contributed by atoms with E-state index in [1.165, 1.54) is 0 Å². The molecule has 0 aliphatic carbocycles. The maximum atomic E-state index is 10.5. The summed E-state index contributed by atoms with van der Waals surface area (Å²) in [5, 5.41) is 0. The van der Waals surface area contributed by atoms with Gasteiger partial charge in [0.05, 0.1) is 6.42 Å². The van der Waals surface area contributed by atoms with Gasteiger partial charge in [-0.05, 0) is 17.7 Å². The van der Waals surface area contributed by atoms with Gasteiger partial charge >= 0.3 is 0 Å².